The van der Waals surface area contributed by atoms with Crippen molar-refractivity contribution in [3.8, 4) is 5.75 Å². The highest BCUT2D eigenvalue weighted by atomic mass is 16.5. The van der Waals surface area contributed by atoms with Crippen LogP contribution in [0.3, 0.4) is 0 Å². The fraction of sp³-hybridized carbons (Fsp3) is 0.300. The van der Waals surface area contributed by atoms with E-state index in [0.29, 0.717) is 0 Å². The summed E-state index contributed by atoms with van der Waals surface area (Å²) in [5, 5.41) is 4.85. The molecule has 2 aromatic carbocycles. The second-order valence-electron chi connectivity index (χ2n) is 6.13. The number of methoxy groups -OCH3 is 1. The van der Waals surface area contributed by atoms with E-state index >= 15 is 0 Å². The van der Waals surface area contributed by atoms with Gasteiger partial charge in [-0.05, 0) is 23.3 Å². The van der Waals surface area contributed by atoms with Crippen molar-refractivity contribution in [2.45, 2.75) is 19.4 Å². The van der Waals surface area contributed by atoms with Crippen molar-refractivity contribution in [2.24, 2.45) is 0 Å². The summed E-state index contributed by atoms with van der Waals surface area (Å²) in [5.41, 5.74) is 5.44. The number of hydrogen-bond acceptors (Lipinski definition) is 2. The van der Waals surface area contributed by atoms with Crippen molar-refractivity contribution in [2.75, 3.05) is 20.2 Å². The first-order valence-electron chi connectivity index (χ1n) is 8.29. The Morgan fingerprint density at radius 2 is 1.91 bits per heavy atom. The number of nitrogens with one attached hydrogen (secondary N) is 1. The number of hydrogen-bond donors (Lipinski definition) is 1. The fourth-order valence-electron chi connectivity index (χ4n) is 3.65. The smallest absolute Gasteiger partial charge is 0.122 e. The summed E-state index contributed by atoms with van der Waals surface area (Å²) in [6.07, 6.45) is 2.00. The van der Waals surface area contributed by atoms with E-state index in [0.717, 1.165) is 38.2 Å². The van der Waals surface area contributed by atoms with Crippen LogP contribution in [0, 0.1) is 0 Å². The molecule has 0 spiro atoms. The van der Waals surface area contributed by atoms with Crippen LogP contribution in [0.25, 0.3) is 10.9 Å². The Balaban J connectivity index is 1.82. The third kappa shape index (κ3) is 2.62. The number of ether oxygens (including phenoxy) is 1. The van der Waals surface area contributed by atoms with E-state index in [1.807, 2.05) is 12.1 Å². The topological polar surface area (TPSA) is 26.2 Å². The highest BCUT2D eigenvalue weighted by Gasteiger charge is 2.15. The molecular weight excluding hydrogens is 284 g/mol. The first kappa shape index (κ1) is 14.3. The summed E-state index contributed by atoms with van der Waals surface area (Å²) in [4.78, 5) is 0. The highest BCUT2D eigenvalue weighted by Crippen LogP contribution is 2.28. The number of para-hydroxylation sites is 2. The Morgan fingerprint density at radius 1 is 1.04 bits per heavy atom. The molecule has 0 unspecified atom stereocenters. The van der Waals surface area contributed by atoms with Crippen LogP contribution in [-0.2, 0) is 19.4 Å². The molecule has 0 amide bonds. The number of nitrogens with zero attached hydrogens (tertiary/aromatic N) is 1. The molecule has 0 saturated carbocycles. The lowest BCUT2D eigenvalue weighted by Gasteiger charge is -2.12. The van der Waals surface area contributed by atoms with Crippen molar-refractivity contribution in [3.63, 3.8) is 0 Å². The molecule has 2 heterocycles. The van der Waals surface area contributed by atoms with Crippen molar-refractivity contribution < 1.29 is 4.74 Å². The standard InChI is InChI=1S/C20H22N2O/c1-23-19-8-3-2-5-15(19)13-16-6-4-7-17-14-18-9-10-21-11-12-22(18)20(16)17/h2-8,14,21H,9-13H2,1H3. The number of benzene rings is 2. The maximum Gasteiger partial charge on any atom is 0.122 e. The van der Waals surface area contributed by atoms with E-state index < -0.39 is 0 Å². The van der Waals surface area contributed by atoms with Crippen LogP contribution in [0.15, 0.2) is 48.5 Å². The molecule has 0 saturated heterocycles. The third-order valence-corrected chi connectivity index (χ3v) is 4.73. The van der Waals surface area contributed by atoms with Gasteiger partial charge in [-0.15, -0.1) is 0 Å². The Morgan fingerprint density at radius 3 is 2.83 bits per heavy atom. The summed E-state index contributed by atoms with van der Waals surface area (Å²) in [6.45, 7) is 3.15. The van der Waals surface area contributed by atoms with Crippen LogP contribution in [0.1, 0.15) is 16.8 Å². The minimum atomic E-state index is 0.901. The van der Waals surface area contributed by atoms with E-state index in [1.165, 1.54) is 27.7 Å². The van der Waals surface area contributed by atoms with Gasteiger partial charge in [0.1, 0.15) is 5.75 Å². The van der Waals surface area contributed by atoms with Gasteiger partial charge in [0.25, 0.3) is 0 Å². The summed E-state index contributed by atoms with van der Waals surface area (Å²) in [7, 11) is 1.74. The van der Waals surface area contributed by atoms with Crippen LogP contribution in [0.5, 0.6) is 5.75 Å². The van der Waals surface area contributed by atoms with E-state index in [2.05, 4.69) is 46.3 Å². The molecule has 1 aliphatic rings. The maximum absolute atomic E-state index is 5.53. The molecule has 0 aliphatic carbocycles. The van der Waals surface area contributed by atoms with Crippen molar-refractivity contribution in [3.05, 3.63) is 65.4 Å². The lowest BCUT2D eigenvalue weighted by molar-refractivity contribution is 0.410. The van der Waals surface area contributed by atoms with Gasteiger partial charge >= 0.3 is 0 Å². The van der Waals surface area contributed by atoms with Crippen LogP contribution in [0.2, 0.25) is 0 Å². The van der Waals surface area contributed by atoms with Crippen LogP contribution in [-0.4, -0.2) is 24.8 Å². The Bertz CT molecular complexity index is 835. The van der Waals surface area contributed by atoms with Gasteiger partial charge in [0.2, 0.25) is 0 Å². The van der Waals surface area contributed by atoms with Crippen molar-refractivity contribution >= 4 is 10.9 Å². The molecule has 0 bridgehead atoms. The average Bonchev–Trinajstić information content (AvgIpc) is 2.78. The predicted octanol–water partition coefficient (Wildman–Crippen LogP) is 3.39. The second-order valence-corrected chi connectivity index (χ2v) is 6.13. The van der Waals surface area contributed by atoms with Crippen molar-refractivity contribution in [1.29, 1.82) is 0 Å². The SMILES string of the molecule is COc1ccccc1Cc1cccc2cc3n(c12)CCNCC3. The third-order valence-electron chi connectivity index (χ3n) is 4.73. The summed E-state index contributed by atoms with van der Waals surface area (Å²) in [6, 6.07) is 17.3. The van der Waals surface area contributed by atoms with Gasteiger partial charge in [0.05, 0.1) is 12.6 Å². The number of aromatic nitrogens is 1. The zero-order chi connectivity index (χ0) is 15.6. The van der Waals surface area contributed by atoms with Gasteiger partial charge in [0.15, 0.2) is 0 Å². The lowest BCUT2D eigenvalue weighted by Crippen LogP contribution is -2.17. The minimum absolute atomic E-state index is 0.901. The molecule has 3 aromatic rings. The van der Waals surface area contributed by atoms with Crippen molar-refractivity contribution in [1.82, 2.24) is 9.88 Å². The first-order valence-corrected chi connectivity index (χ1v) is 8.29. The quantitative estimate of drug-likeness (QED) is 0.803. The van der Waals surface area contributed by atoms with E-state index in [4.69, 9.17) is 4.74 Å². The van der Waals surface area contributed by atoms with Crippen LogP contribution >= 0.6 is 0 Å². The molecule has 0 fully saturated rings. The largest absolute Gasteiger partial charge is 0.496 e. The Kier molecular flexibility index (Phi) is 3.80. The average molecular weight is 306 g/mol. The minimum Gasteiger partial charge on any atom is -0.496 e. The molecule has 3 heteroatoms. The first-order chi connectivity index (χ1) is 11.4. The van der Waals surface area contributed by atoms with Gasteiger partial charge in [-0.25, -0.2) is 0 Å². The van der Waals surface area contributed by atoms with Gasteiger partial charge in [0, 0.05) is 43.6 Å². The predicted molar refractivity (Wildman–Crippen MR) is 94.3 cm³/mol. The van der Waals surface area contributed by atoms with Gasteiger partial charge < -0.3 is 14.6 Å². The normalized spacial score (nSPS) is 14.5. The summed E-state index contributed by atoms with van der Waals surface area (Å²) >= 11 is 0. The van der Waals surface area contributed by atoms with Crippen LogP contribution < -0.4 is 10.1 Å². The van der Waals surface area contributed by atoms with Gasteiger partial charge in [-0.2, -0.15) is 0 Å². The van der Waals surface area contributed by atoms with E-state index in [1.54, 1.807) is 7.11 Å². The summed E-state index contributed by atoms with van der Waals surface area (Å²) in [5.74, 6) is 0.966. The van der Waals surface area contributed by atoms with Gasteiger partial charge in [-0.3, -0.25) is 0 Å². The van der Waals surface area contributed by atoms with E-state index in [-0.39, 0.29) is 0 Å². The zero-order valence-electron chi connectivity index (χ0n) is 13.5. The molecule has 0 atom stereocenters. The Hall–Kier alpha value is -2.26. The summed E-state index contributed by atoms with van der Waals surface area (Å²) < 4.78 is 8.03. The second kappa shape index (κ2) is 6.09. The van der Waals surface area contributed by atoms with Crippen LogP contribution in [0.4, 0.5) is 0 Å². The molecule has 1 aromatic heterocycles. The maximum atomic E-state index is 5.53. The Labute approximate surface area is 136 Å². The molecule has 0 radical (unpaired) electrons. The van der Waals surface area contributed by atoms with E-state index in [9.17, 15) is 0 Å². The fourth-order valence-corrected chi connectivity index (χ4v) is 3.65. The van der Waals surface area contributed by atoms with Gasteiger partial charge in [-0.1, -0.05) is 36.4 Å². The number of fused-ring (bicyclic) bond motifs is 3. The molecule has 3 nitrogen and oxygen atoms in total. The number of rotatable bonds is 3. The lowest BCUT2D eigenvalue weighted by atomic mass is 10.0. The molecule has 23 heavy (non-hydrogen) atoms. The zero-order valence-corrected chi connectivity index (χ0v) is 13.5. The molecule has 4 rings (SSSR count). The highest BCUT2D eigenvalue weighted by molar-refractivity contribution is 5.85. The monoisotopic (exact) mass is 306 g/mol. The molecule has 1 N–H and O–H groups in total. The molecule has 118 valence electrons. The molecule has 1 aliphatic heterocycles. The molecular formula is C20H22N2O.